The van der Waals surface area contributed by atoms with Crippen LogP contribution in [0.1, 0.15) is 12.5 Å². The van der Waals surface area contributed by atoms with Gasteiger partial charge in [-0.05, 0) is 41.5 Å². The molecule has 4 aromatic heterocycles. The Morgan fingerprint density at radius 1 is 1.00 bits per heavy atom. The van der Waals surface area contributed by atoms with Crippen LogP contribution in [0.5, 0.6) is 0 Å². The van der Waals surface area contributed by atoms with E-state index < -0.39 is 0 Å². The van der Waals surface area contributed by atoms with Crippen molar-refractivity contribution in [3.8, 4) is 11.1 Å². The summed E-state index contributed by atoms with van der Waals surface area (Å²) in [7, 11) is 0. The third-order valence-corrected chi connectivity index (χ3v) is 5.75. The van der Waals surface area contributed by atoms with E-state index in [1.807, 2.05) is 58.2 Å². The van der Waals surface area contributed by atoms with E-state index in [1.165, 1.54) is 5.56 Å². The summed E-state index contributed by atoms with van der Waals surface area (Å²) >= 11 is 0. The number of piperazine rings is 1. The second kappa shape index (κ2) is 8.76. The number of nitrogens with one attached hydrogen (secondary N) is 1. The second-order valence-electron chi connectivity index (χ2n) is 8.01. The van der Waals surface area contributed by atoms with Crippen molar-refractivity contribution in [1.29, 1.82) is 0 Å². The Kier molecular flexibility index (Phi) is 5.51. The van der Waals surface area contributed by atoms with Crippen LogP contribution in [0.15, 0.2) is 67.4 Å². The number of amides is 1. The smallest absolute Gasteiger partial charge is 0.219 e. The average molecular weight is 428 g/mol. The molecule has 0 radical (unpaired) electrons. The van der Waals surface area contributed by atoms with E-state index >= 15 is 0 Å². The predicted octanol–water partition coefficient (Wildman–Crippen LogP) is 3.20. The standard InChI is InChI=1S/C24H25N7O/c1-18(32)30-11-9-29(10-12-30)15-19-6-8-26-22(13-19)27-23-17-31-16-21(4-5-24(31)28-23)20-3-2-7-25-14-20/h2-8,13-14,16-17H,9-12,15H2,1H3,(H,26,27). The molecule has 1 saturated heterocycles. The lowest BCUT2D eigenvalue weighted by Gasteiger charge is -2.34. The summed E-state index contributed by atoms with van der Waals surface area (Å²) in [5.41, 5.74) is 4.19. The normalized spacial score (nSPS) is 14.6. The summed E-state index contributed by atoms with van der Waals surface area (Å²) in [5.74, 6) is 1.66. The summed E-state index contributed by atoms with van der Waals surface area (Å²) in [4.78, 5) is 29.1. The van der Waals surface area contributed by atoms with Gasteiger partial charge in [0.2, 0.25) is 5.91 Å². The molecule has 0 unspecified atom stereocenters. The Morgan fingerprint density at radius 3 is 2.66 bits per heavy atom. The van der Waals surface area contributed by atoms with Crippen LogP contribution in [0.3, 0.4) is 0 Å². The van der Waals surface area contributed by atoms with Gasteiger partial charge in [0.25, 0.3) is 0 Å². The molecule has 8 nitrogen and oxygen atoms in total. The van der Waals surface area contributed by atoms with Gasteiger partial charge in [-0.1, -0.05) is 6.07 Å². The molecule has 8 heteroatoms. The van der Waals surface area contributed by atoms with Crippen molar-refractivity contribution in [2.45, 2.75) is 13.5 Å². The van der Waals surface area contributed by atoms with Gasteiger partial charge in [0, 0.05) is 70.0 Å². The number of fused-ring (bicyclic) bond motifs is 1. The van der Waals surface area contributed by atoms with Crippen LogP contribution in [-0.4, -0.2) is 61.2 Å². The number of carbonyl (C=O) groups excluding carboxylic acids is 1. The minimum absolute atomic E-state index is 0.153. The van der Waals surface area contributed by atoms with E-state index in [9.17, 15) is 4.79 Å². The van der Waals surface area contributed by atoms with Gasteiger partial charge in [-0.2, -0.15) is 0 Å². The molecule has 1 aliphatic rings. The maximum absolute atomic E-state index is 11.5. The SMILES string of the molecule is CC(=O)N1CCN(Cc2ccnc(Nc3cn4cc(-c5cccnc5)ccc4n3)c2)CC1. The third-order valence-electron chi connectivity index (χ3n) is 5.75. The first-order valence-electron chi connectivity index (χ1n) is 10.7. The van der Waals surface area contributed by atoms with Crippen molar-refractivity contribution >= 4 is 23.2 Å². The zero-order valence-corrected chi connectivity index (χ0v) is 18.0. The van der Waals surface area contributed by atoms with Gasteiger partial charge in [-0.3, -0.25) is 14.7 Å². The highest BCUT2D eigenvalue weighted by atomic mass is 16.2. The fraction of sp³-hybridized carbons (Fsp3) is 0.250. The third kappa shape index (κ3) is 4.45. The molecule has 0 aromatic carbocycles. The molecule has 0 bridgehead atoms. The Hall–Kier alpha value is -3.78. The summed E-state index contributed by atoms with van der Waals surface area (Å²) in [5, 5.41) is 3.33. The van der Waals surface area contributed by atoms with Gasteiger partial charge in [0.1, 0.15) is 11.5 Å². The topological polar surface area (TPSA) is 78.7 Å². The summed E-state index contributed by atoms with van der Waals surface area (Å²) in [6, 6.07) is 12.1. The van der Waals surface area contributed by atoms with Crippen LogP contribution in [-0.2, 0) is 11.3 Å². The first-order valence-corrected chi connectivity index (χ1v) is 10.7. The van der Waals surface area contributed by atoms with Crippen molar-refractivity contribution in [3.05, 3.63) is 72.9 Å². The fourth-order valence-corrected chi connectivity index (χ4v) is 4.01. The molecule has 0 saturated carbocycles. The lowest BCUT2D eigenvalue weighted by molar-refractivity contribution is -0.130. The van der Waals surface area contributed by atoms with Gasteiger partial charge in [0.15, 0.2) is 5.82 Å². The molecule has 1 amide bonds. The number of rotatable bonds is 5. The molecular weight excluding hydrogens is 402 g/mol. The van der Waals surface area contributed by atoms with E-state index in [0.29, 0.717) is 0 Å². The highest BCUT2D eigenvalue weighted by Crippen LogP contribution is 2.22. The molecular formula is C24H25N7O. The van der Waals surface area contributed by atoms with Crippen molar-refractivity contribution < 1.29 is 4.79 Å². The maximum atomic E-state index is 11.5. The van der Waals surface area contributed by atoms with Gasteiger partial charge in [0.05, 0.1) is 6.20 Å². The number of anilines is 2. The van der Waals surface area contributed by atoms with Gasteiger partial charge >= 0.3 is 0 Å². The molecule has 5 heterocycles. The Balaban J connectivity index is 1.28. The highest BCUT2D eigenvalue weighted by molar-refractivity contribution is 5.73. The van der Waals surface area contributed by atoms with Crippen LogP contribution >= 0.6 is 0 Å². The van der Waals surface area contributed by atoms with Crippen LogP contribution in [0.2, 0.25) is 0 Å². The molecule has 0 spiro atoms. The maximum Gasteiger partial charge on any atom is 0.219 e. The number of imidazole rings is 1. The summed E-state index contributed by atoms with van der Waals surface area (Å²) in [6.45, 7) is 5.81. The van der Waals surface area contributed by atoms with Gasteiger partial charge in [-0.15, -0.1) is 0 Å². The van der Waals surface area contributed by atoms with Crippen LogP contribution in [0.4, 0.5) is 11.6 Å². The molecule has 0 atom stereocenters. The lowest BCUT2D eigenvalue weighted by Crippen LogP contribution is -2.47. The number of hydrogen-bond acceptors (Lipinski definition) is 6. The molecule has 5 rings (SSSR count). The van der Waals surface area contributed by atoms with Crippen molar-refractivity contribution in [2.24, 2.45) is 0 Å². The van der Waals surface area contributed by atoms with Crippen molar-refractivity contribution in [3.63, 3.8) is 0 Å². The number of aromatic nitrogens is 4. The van der Waals surface area contributed by atoms with E-state index in [-0.39, 0.29) is 5.91 Å². The van der Waals surface area contributed by atoms with E-state index in [4.69, 9.17) is 0 Å². The molecule has 32 heavy (non-hydrogen) atoms. The first kappa shape index (κ1) is 20.1. The molecule has 162 valence electrons. The number of carbonyl (C=O) groups is 1. The van der Waals surface area contributed by atoms with E-state index in [2.05, 4.69) is 37.4 Å². The van der Waals surface area contributed by atoms with E-state index in [1.54, 1.807) is 13.1 Å². The quantitative estimate of drug-likeness (QED) is 0.527. The van der Waals surface area contributed by atoms with Gasteiger partial charge < -0.3 is 14.6 Å². The Morgan fingerprint density at radius 2 is 1.88 bits per heavy atom. The van der Waals surface area contributed by atoms with E-state index in [0.717, 1.165) is 61.1 Å². The van der Waals surface area contributed by atoms with Crippen LogP contribution in [0.25, 0.3) is 16.8 Å². The van der Waals surface area contributed by atoms with Crippen LogP contribution in [0, 0.1) is 0 Å². The van der Waals surface area contributed by atoms with Gasteiger partial charge in [-0.25, -0.2) is 9.97 Å². The van der Waals surface area contributed by atoms with Crippen molar-refractivity contribution in [1.82, 2.24) is 29.2 Å². The largest absolute Gasteiger partial charge is 0.340 e. The highest BCUT2D eigenvalue weighted by Gasteiger charge is 2.18. The second-order valence-corrected chi connectivity index (χ2v) is 8.01. The predicted molar refractivity (Wildman–Crippen MR) is 123 cm³/mol. The first-order chi connectivity index (χ1) is 15.6. The zero-order chi connectivity index (χ0) is 21.9. The lowest BCUT2D eigenvalue weighted by atomic mass is 10.1. The fourth-order valence-electron chi connectivity index (χ4n) is 4.01. The zero-order valence-electron chi connectivity index (χ0n) is 18.0. The number of hydrogen-bond donors (Lipinski definition) is 1. The molecule has 4 aromatic rings. The minimum atomic E-state index is 0.153. The summed E-state index contributed by atoms with van der Waals surface area (Å²) in [6.07, 6.45) is 9.46. The number of pyridine rings is 3. The van der Waals surface area contributed by atoms with Crippen molar-refractivity contribution in [2.75, 3.05) is 31.5 Å². The minimum Gasteiger partial charge on any atom is -0.340 e. The molecule has 1 fully saturated rings. The van der Waals surface area contributed by atoms with Crippen LogP contribution < -0.4 is 5.32 Å². The molecule has 0 aliphatic carbocycles. The average Bonchev–Trinajstić information content (AvgIpc) is 3.21. The molecule has 1 aliphatic heterocycles. The number of nitrogens with zero attached hydrogens (tertiary/aromatic N) is 6. The summed E-state index contributed by atoms with van der Waals surface area (Å²) < 4.78 is 2.00. The Labute approximate surface area is 186 Å². The molecule has 1 N–H and O–H groups in total. The monoisotopic (exact) mass is 427 g/mol. The Bertz CT molecular complexity index is 1230.